The highest BCUT2D eigenvalue weighted by atomic mass is 35.5. The highest BCUT2D eigenvalue weighted by Gasteiger charge is 2.33. The van der Waals surface area contributed by atoms with Crippen LogP contribution in [0.2, 0.25) is 0 Å². The topological polar surface area (TPSA) is 43.8 Å². The number of nitrogens with zero attached hydrogens (tertiary/aromatic N) is 2. The van der Waals surface area contributed by atoms with Crippen LogP contribution in [0.15, 0.2) is 0 Å². The Morgan fingerprint density at radius 3 is 2.79 bits per heavy atom. The lowest BCUT2D eigenvalue weighted by Crippen LogP contribution is -2.42. The molecule has 0 bridgehead atoms. The maximum atomic E-state index is 11.4. The molecule has 1 amide bonds. The molecule has 0 aromatic heterocycles. The van der Waals surface area contributed by atoms with Gasteiger partial charge in [-0.1, -0.05) is 0 Å². The molecule has 2 unspecified atom stereocenters. The molecule has 0 aliphatic carbocycles. The normalized spacial score (nSPS) is 27.4. The Kier molecular flexibility index (Phi) is 4.16. The summed E-state index contributed by atoms with van der Waals surface area (Å²) in [7, 11) is 3.90. The summed E-state index contributed by atoms with van der Waals surface area (Å²) >= 11 is 5.50. The van der Waals surface area contributed by atoms with Crippen molar-refractivity contribution in [2.75, 3.05) is 33.1 Å². The van der Waals surface area contributed by atoms with E-state index in [2.05, 4.69) is 0 Å². The number of alkyl halides is 1. The average Bonchev–Trinajstić information content (AvgIpc) is 2.44. The van der Waals surface area contributed by atoms with E-state index < -0.39 is 6.10 Å². The fraction of sp³-hybridized carbons (Fsp3) is 0.889. The van der Waals surface area contributed by atoms with E-state index >= 15 is 0 Å². The molecular weight excluding hydrogens is 204 g/mol. The van der Waals surface area contributed by atoms with Crippen molar-refractivity contribution < 1.29 is 9.90 Å². The number of likely N-dealkylation sites (tertiary alicyclic amines) is 1. The smallest absolute Gasteiger partial charge is 0.237 e. The molecule has 1 saturated heterocycles. The first-order valence-electron chi connectivity index (χ1n) is 4.72. The predicted molar refractivity (Wildman–Crippen MR) is 55.4 cm³/mol. The molecule has 0 spiro atoms. The Labute approximate surface area is 89.4 Å². The van der Waals surface area contributed by atoms with Crippen LogP contribution < -0.4 is 0 Å². The molecule has 2 atom stereocenters. The zero-order valence-electron chi connectivity index (χ0n) is 8.61. The summed E-state index contributed by atoms with van der Waals surface area (Å²) in [5.74, 6) is -0.0912. The second kappa shape index (κ2) is 4.96. The van der Waals surface area contributed by atoms with E-state index in [1.807, 2.05) is 19.0 Å². The summed E-state index contributed by atoms with van der Waals surface area (Å²) in [4.78, 5) is 15.1. The molecule has 82 valence electrons. The summed E-state index contributed by atoms with van der Waals surface area (Å²) < 4.78 is 0. The Balaban J connectivity index is 2.58. The number of aliphatic hydroxyl groups excluding tert-OH is 1. The van der Waals surface area contributed by atoms with Gasteiger partial charge in [-0.2, -0.15) is 0 Å². The van der Waals surface area contributed by atoms with Crippen LogP contribution in [0.3, 0.4) is 0 Å². The summed E-state index contributed by atoms with van der Waals surface area (Å²) in [6.45, 7) is 1.20. The third-order valence-electron chi connectivity index (χ3n) is 2.40. The summed E-state index contributed by atoms with van der Waals surface area (Å²) in [5, 5.41) is 9.47. The third-order valence-corrected chi connectivity index (χ3v) is 2.63. The van der Waals surface area contributed by atoms with Crippen LogP contribution in [-0.2, 0) is 4.79 Å². The maximum Gasteiger partial charge on any atom is 0.237 e. The minimum Gasteiger partial charge on any atom is -0.391 e. The first kappa shape index (κ1) is 11.8. The molecule has 0 aromatic rings. The van der Waals surface area contributed by atoms with Gasteiger partial charge >= 0.3 is 0 Å². The van der Waals surface area contributed by atoms with Crippen LogP contribution in [0.25, 0.3) is 0 Å². The SMILES string of the molecule is CN(C)CC1CC(O)CN1C(=O)CCl. The average molecular weight is 221 g/mol. The first-order chi connectivity index (χ1) is 6.54. The van der Waals surface area contributed by atoms with Crippen LogP contribution in [0.5, 0.6) is 0 Å². The van der Waals surface area contributed by atoms with Crippen LogP contribution >= 0.6 is 11.6 Å². The summed E-state index contributed by atoms with van der Waals surface area (Å²) in [6, 6.07) is 0.103. The summed E-state index contributed by atoms with van der Waals surface area (Å²) in [6.07, 6.45) is 0.257. The van der Waals surface area contributed by atoms with Crippen molar-refractivity contribution in [1.82, 2.24) is 9.80 Å². The zero-order chi connectivity index (χ0) is 10.7. The van der Waals surface area contributed by atoms with E-state index in [0.29, 0.717) is 13.0 Å². The van der Waals surface area contributed by atoms with Crippen molar-refractivity contribution in [1.29, 1.82) is 0 Å². The van der Waals surface area contributed by atoms with Crippen molar-refractivity contribution in [2.45, 2.75) is 18.6 Å². The van der Waals surface area contributed by atoms with E-state index in [9.17, 15) is 9.90 Å². The van der Waals surface area contributed by atoms with Gasteiger partial charge in [-0.3, -0.25) is 4.79 Å². The molecule has 5 heteroatoms. The number of carbonyl (C=O) groups is 1. The number of aliphatic hydroxyl groups is 1. The Bertz CT molecular complexity index is 211. The molecule has 1 fully saturated rings. The third kappa shape index (κ3) is 2.83. The molecule has 14 heavy (non-hydrogen) atoms. The van der Waals surface area contributed by atoms with Crippen molar-refractivity contribution >= 4 is 17.5 Å². The predicted octanol–water partition coefficient (Wildman–Crippen LogP) is -0.251. The molecule has 4 nitrogen and oxygen atoms in total. The van der Waals surface area contributed by atoms with Gasteiger partial charge < -0.3 is 14.9 Å². The monoisotopic (exact) mass is 220 g/mol. The number of amides is 1. The van der Waals surface area contributed by atoms with E-state index in [0.717, 1.165) is 6.54 Å². The Morgan fingerprint density at radius 2 is 2.29 bits per heavy atom. The van der Waals surface area contributed by atoms with Gasteiger partial charge in [-0.25, -0.2) is 0 Å². The van der Waals surface area contributed by atoms with Crippen molar-refractivity contribution in [3.63, 3.8) is 0 Å². The second-order valence-electron chi connectivity index (χ2n) is 3.99. The zero-order valence-corrected chi connectivity index (χ0v) is 9.37. The highest BCUT2D eigenvalue weighted by molar-refractivity contribution is 6.27. The van der Waals surface area contributed by atoms with Gasteiger partial charge in [0.1, 0.15) is 5.88 Å². The molecule has 0 aromatic carbocycles. The number of hydrogen-bond acceptors (Lipinski definition) is 3. The van der Waals surface area contributed by atoms with E-state index in [4.69, 9.17) is 11.6 Å². The van der Waals surface area contributed by atoms with E-state index in [1.54, 1.807) is 4.90 Å². The fourth-order valence-electron chi connectivity index (χ4n) is 1.87. The number of rotatable bonds is 3. The van der Waals surface area contributed by atoms with Crippen molar-refractivity contribution in [2.24, 2.45) is 0 Å². The van der Waals surface area contributed by atoms with Gasteiger partial charge in [-0.15, -0.1) is 11.6 Å². The minimum absolute atomic E-state index is 0.00332. The molecule has 1 heterocycles. The molecule has 1 aliphatic rings. The maximum absolute atomic E-state index is 11.4. The van der Waals surface area contributed by atoms with Gasteiger partial charge in [0.15, 0.2) is 0 Å². The molecule has 1 aliphatic heterocycles. The summed E-state index contributed by atoms with van der Waals surface area (Å²) in [5.41, 5.74) is 0. The lowest BCUT2D eigenvalue weighted by atomic mass is 10.2. The standard InChI is InChI=1S/C9H17ClN2O2/c1-11(2)5-7-3-8(13)6-12(7)9(14)4-10/h7-8,13H,3-6H2,1-2H3. The van der Waals surface area contributed by atoms with Gasteiger partial charge in [0, 0.05) is 19.1 Å². The van der Waals surface area contributed by atoms with Crippen LogP contribution in [0.4, 0.5) is 0 Å². The van der Waals surface area contributed by atoms with E-state index in [-0.39, 0.29) is 17.8 Å². The molecule has 1 N–H and O–H groups in total. The molecule has 0 saturated carbocycles. The van der Waals surface area contributed by atoms with Crippen molar-refractivity contribution in [3.8, 4) is 0 Å². The highest BCUT2D eigenvalue weighted by Crippen LogP contribution is 2.18. The van der Waals surface area contributed by atoms with Crippen LogP contribution in [0, 0.1) is 0 Å². The lowest BCUT2D eigenvalue weighted by Gasteiger charge is -2.26. The van der Waals surface area contributed by atoms with Gasteiger partial charge in [0.2, 0.25) is 5.91 Å². The molecular formula is C9H17ClN2O2. The first-order valence-corrected chi connectivity index (χ1v) is 5.26. The number of hydrogen-bond donors (Lipinski definition) is 1. The van der Waals surface area contributed by atoms with E-state index in [1.165, 1.54) is 0 Å². The lowest BCUT2D eigenvalue weighted by molar-refractivity contribution is -0.129. The molecule has 0 radical (unpaired) electrons. The van der Waals surface area contributed by atoms with Gasteiger partial charge in [0.25, 0.3) is 0 Å². The largest absolute Gasteiger partial charge is 0.391 e. The Hall–Kier alpha value is -0.320. The number of halogens is 1. The molecule has 1 rings (SSSR count). The number of likely N-dealkylation sites (N-methyl/N-ethyl adjacent to an activating group) is 1. The van der Waals surface area contributed by atoms with Gasteiger partial charge in [0.05, 0.1) is 6.10 Å². The second-order valence-corrected chi connectivity index (χ2v) is 4.25. The minimum atomic E-state index is -0.396. The van der Waals surface area contributed by atoms with Crippen molar-refractivity contribution in [3.05, 3.63) is 0 Å². The van der Waals surface area contributed by atoms with Crippen LogP contribution in [-0.4, -0.2) is 66.0 Å². The Morgan fingerprint density at radius 1 is 1.64 bits per heavy atom. The number of carbonyl (C=O) groups excluding carboxylic acids is 1. The fourth-order valence-corrected chi connectivity index (χ4v) is 2.02. The number of β-amino-alcohol motifs (C(OH)–C–C–N with tert-alkyl or cyclic N) is 1. The quantitative estimate of drug-likeness (QED) is 0.668. The van der Waals surface area contributed by atoms with Gasteiger partial charge in [-0.05, 0) is 20.5 Å². The van der Waals surface area contributed by atoms with Crippen LogP contribution in [0.1, 0.15) is 6.42 Å².